The lowest BCUT2D eigenvalue weighted by atomic mass is 10.1. The normalized spacial score (nSPS) is 21.1. The fourth-order valence-electron chi connectivity index (χ4n) is 6.09. The van der Waals surface area contributed by atoms with Gasteiger partial charge in [-0.3, -0.25) is 20.0 Å². The van der Waals surface area contributed by atoms with E-state index in [1.165, 1.54) is 36.5 Å². The van der Waals surface area contributed by atoms with Gasteiger partial charge in [0.05, 0.1) is 43.6 Å². The molecule has 19 heteroatoms. The van der Waals surface area contributed by atoms with Crippen LogP contribution < -0.4 is 5.32 Å². The molecule has 2 aliphatic rings. The lowest BCUT2D eigenvalue weighted by Gasteiger charge is -2.39. The number of nitro groups is 1. The Labute approximate surface area is 307 Å². The van der Waals surface area contributed by atoms with Crippen molar-refractivity contribution in [2.24, 2.45) is 0 Å². The number of anilines is 1. The van der Waals surface area contributed by atoms with Crippen molar-refractivity contribution in [2.75, 3.05) is 38.9 Å². The number of nitrogens with zero attached hydrogens (tertiary/aromatic N) is 6. The molecule has 2 aromatic carbocycles. The van der Waals surface area contributed by atoms with Crippen molar-refractivity contribution in [2.45, 2.75) is 62.1 Å². The molecule has 2 aromatic heterocycles. The van der Waals surface area contributed by atoms with Gasteiger partial charge in [0.2, 0.25) is 0 Å². The highest BCUT2D eigenvalue weighted by Gasteiger charge is 2.51. The van der Waals surface area contributed by atoms with Crippen molar-refractivity contribution in [3.05, 3.63) is 88.5 Å². The number of nitro benzene ring substituents is 1. The fraction of sp³-hybridized carbons (Fsp3) is 0.429. The Hall–Kier alpha value is -5.78. The summed E-state index contributed by atoms with van der Waals surface area (Å²) in [6.07, 6.45) is -3.91. The van der Waals surface area contributed by atoms with E-state index in [0.717, 1.165) is 5.56 Å². The molecule has 6 rings (SSSR count). The van der Waals surface area contributed by atoms with Crippen LogP contribution in [0, 0.1) is 21.4 Å². The minimum Gasteiger partial charge on any atom is -0.449 e. The number of aliphatic hydroxyl groups excluding tert-OH is 1. The average Bonchev–Trinajstić information content (AvgIpc) is 3.75. The Morgan fingerprint density at radius 1 is 1.13 bits per heavy atom. The zero-order valence-electron chi connectivity index (χ0n) is 29.0. The van der Waals surface area contributed by atoms with Gasteiger partial charge in [0.1, 0.15) is 37.4 Å². The van der Waals surface area contributed by atoms with E-state index in [2.05, 4.69) is 20.3 Å². The van der Waals surface area contributed by atoms with Crippen LogP contribution in [0.25, 0.3) is 11.2 Å². The van der Waals surface area contributed by atoms with Gasteiger partial charge in [0.25, 0.3) is 5.69 Å². The maximum Gasteiger partial charge on any atom is 0.509 e. The molecule has 0 spiro atoms. The number of nitriles is 1. The summed E-state index contributed by atoms with van der Waals surface area (Å²) >= 11 is 0. The molecular weight excluding hydrogens is 710 g/mol. The summed E-state index contributed by atoms with van der Waals surface area (Å²) in [6.45, 7) is 0.249. The first kappa shape index (κ1) is 38.0. The van der Waals surface area contributed by atoms with Gasteiger partial charge in [-0.2, -0.15) is 5.26 Å². The molecule has 284 valence electrons. The van der Waals surface area contributed by atoms with Gasteiger partial charge >= 0.3 is 12.2 Å². The van der Waals surface area contributed by atoms with Crippen molar-refractivity contribution >= 4 is 34.9 Å². The van der Waals surface area contributed by atoms with Gasteiger partial charge < -0.3 is 38.3 Å². The number of non-ortho nitro benzene ring substituents is 1. The quantitative estimate of drug-likeness (QED) is 0.0797. The van der Waals surface area contributed by atoms with Crippen LogP contribution in [0.2, 0.25) is 0 Å². The van der Waals surface area contributed by atoms with Crippen molar-refractivity contribution in [1.29, 1.82) is 5.26 Å². The summed E-state index contributed by atoms with van der Waals surface area (Å²) in [4.78, 5) is 48.8. The van der Waals surface area contributed by atoms with Crippen molar-refractivity contribution in [3.8, 4) is 6.07 Å². The fourth-order valence-corrected chi connectivity index (χ4v) is 6.09. The molecule has 1 unspecified atom stereocenters. The molecule has 0 aliphatic carbocycles. The third-order valence-electron chi connectivity index (χ3n) is 8.97. The third kappa shape index (κ3) is 8.87. The summed E-state index contributed by atoms with van der Waals surface area (Å²) < 4.78 is 41.6. The predicted octanol–water partition coefficient (Wildman–Crippen LogP) is 4.13. The molecule has 4 aromatic rings. The number of carbonyl (C=O) groups is 2. The van der Waals surface area contributed by atoms with E-state index in [4.69, 9.17) is 33.2 Å². The van der Waals surface area contributed by atoms with E-state index < -0.39 is 60.2 Å². The number of methoxy groups -OCH3 is 1. The zero-order valence-corrected chi connectivity index (χ0v) is 29.0. The van der Waals surface area contributed by atoms with Gasteiger partial charge in [-0.05, 0) is 11.1 Å². The van der Waals surface area contributed by atoms with E-state index in [1.807, 2.05) is 6.07 Å². The molecule has 2 N–H and O–H groups in total. The van der Waals surface area contributed by atoms with Gasteiger partial charge in [0, 0.05) is 38.5 Å². The SMILES string of the molecule is COC1(O[C@@H]2[C@H](O)[C@@H](COC(=O)OC(CC#N)c3ccccc3)O[C@H]2n2cnc3c(NC(=O)OCCc4ccc([N+](=O)[O-])cc4)ncnc32)CCOCC1. The molecular formula is C35H37N7O12. The molecule has 1 amide bonds. The molecule has 54 heavy (non-hydrogen) atoms. The molecule has 2 aliphatic heterocycles. The van der Waals surface area contributed by atoms with Gasteiger partial charge in [-0.15, -0.1) is 0 Å². The molecule has 4 heterocycles. The standard InChI is InChI=1S/C35H37N7O12/c1-48-35(13-17-49-18-14-35)54-29-28(43)26(19-51-34(45)53-25(11-15-36)23-5-3-2-4-6-23)52-32(29)41-21-39-27-30(37-20-38-31(27)41)40-33(44)50-16-12-22-7-9-24(10-8-22)42(46)47/h2-10,20-21,25-26,28-29,32,43H,11-14,16-19H2,1H3,(H,37,38,40,44)/t25?,26-,28-,29-,32-/m1/s1. The van der Waals surface area contributed by atoms with E-state index in [0.29, 0.717) is 38.0 Å². The summed E-state index contributed by atoms with van der Waals surface area (Å²) in [7, 11) is 1.49. The summed E-state index contributed by atoms with van der Waals surface area (Å²) in [5.41, 5.74) is 1.68. The second-order valence-corrected chi connectivity index (χ2v) is 12.3. The van der Waals surface area contributed by atoms with E-state index >= 15 is 0 Å². The number of hydrogen-bond acceptors (Lipinski definition) is 16. The number of aromatic nitrogens is 4. The van der Waals surface area contributed by atoms with Crippen LogP contribution in [0.4, 0.5) is 21.1 Å². The van der Waals surface area contributed by atoms with Crippen LogP contribution >= 0.6 is 0 Å². The Kier molecular flexibility index (Phi) is 12.2. The van der Waals surface area contributed by atoms with E-state index in [9.17, 15) is 30.1 Å². The minimum atomic E-state index is -1.36. The molecule has 2 saturated heterocycles. The topological polar surface area (TPSA) is 242 Å². The zero-order chi connectivity index (χ0) is 38.1. The molecule has 0 saturated carbocycles. The molecule has 2 fully saturated rings. The Morgan fingerprint density at radius 2 is 1.89 bits per heavy atom. The Morgan fingerprint density at radius 3 is 2.59 bits per heavy atom. The van der Waals surface area contributed by atoms with Crippen molar-refractivity contribution in [1.82, 2.24) is 19.5 Å². The van der Waals surface area contributed by atoms with E-state index in [1.54, 1.807) is 42.5 Å². The number of hydrogen-bond donors (Lipinski definition) is 2. The minimum absolute atomic E-state index is 0.0202. The first-order valence-corrected chi connectivity index (χ1v) is 16.9. The van der Waals surface area contributed by atoms with Crippen LogP contribution in [0.3, 0.4) is 0 Å². The predicted molar refractivity (Wildman–Crippen MR) is 184 cm³/mol. The van der Waals surface area contributed by atoms with Crippen LogP contribution in [0.15, 0.2) is 67.3 Å². The van der Waals surface area contributed by atoms with E-state index in [-0.39, 0.29) is 35.7 Å². The largest absolute Gasteiger partial charge is 0.509 e. The maximum absolute atomic E-state index is 12.8. The summed E-state index contributed by atoms with van der Waals surface area (Å²) in [6, 6.07) is 16.6. The first-order chi connectivity index (χ1) is 26.2. The van der Waals surface area contributed by atoms with Crippen LogP contribution in [-0.4, -0.2) is 99.4 Å². The highest BCUT2D eigenvalue weighted by molar-refractivity contribution is 5.93. The molecule has 5 atom stereocenters. The van der Waals surface area contributed by atoms with Crippen LogP contribution in [-0.2, 0) is 39.6 Å². The molecule has 19 nitrogen and oxygen atoms in total. The summed E-state index contributed by atoms with van der Waals surface area (Å²) in [5, 5.41) is 34.3. The number of benzene rings is 2. The Balaban J connectivity index is 1.16. The lowest BCUT2D eigenvalue weighted by Crippen LogP contribution is -2.48. The van der Waals surface area contributed by atoms with Crippen LogP contribution in [0.1, 0.15) is 42.7 Å². The number of nitrogens with one attached hydrogen (secondary N) is 1. The lowest BCUT2D eigenvalue weighted by molar-refractivity contribution is -0.384. The highest BCUT2D eigenvalue weighted by atomic mass is 16.7. The third-order valence-corrected chi connectivity index (χ3v) is 8.97. The number of carbonyl (C=O) groups excluding carboxylic acids is 2. The second kappa shape index (κ2) is 17.4. The molecule has 0 radical (unpaired) electrons. The van der Waals surface area contributed by atoms with Gasteiger partial charge in [0.15, 0.2) is 29.0 Å². The van der Waals surface area contributed by atoms with Gasteiger partial charge in [-0.25, -0.2) is 24.5 Å². The number of amides is 1. The first-order valence-electron chi connectivity index (χ1n) is 16.9. The number of imidazole rings is 1. The number of rotatable bonds is 14. The number of ether oxygens (including phenoxy) is 7. The number of aliphatic hydroxyl groups is 1. The average molecular weight is 748 g/mol. The van der Waals surface area contributed by atoms with Crippen molar-refractivity contribution < 1.29 is 52.8 Å². The monoisotopic (exact) mass is 747 g/mol. The Bertz CT molecular complexity index is 1950. The molecule has 0 bridgehead atoms. The highest BCUT2D eigenvalue weighted by Crippen LogP contribution is 2.39. The maximum atomic E-state index is 12.8. The van der Waals surface area contributed by atoms with Crippen LogP contribution in [0.5, 0.6) is 0 Å². The number of fused-ring (bicyclic) bond motifs is 1. The smallest absolute Gasteiger partial charge is 0.449 e. The van der Waals surface area contributed by atoms with Gasteiger partial charge in [-0.1, -0.05) is 42.5 Å². The second-order valence-electron chi connectivity index (χ2n) is 12.3. The summed E-state index contributed by atoms with van der Waals surface area (Å²) in [5.74, 6) is -1.10. The van der Waals surface area contributed by atoms with Crippen molar-refractivity contribution in [3.63, 3.8) is 0 Å².